The molecule has 0 amide bonds. The lowest BCUT2D eigenvalue weighted by Crippen LogP contribution is -2.37. The third kappa shape index (κ3) is 2.16. The average molecular weight is 211 g/mol. The van der Waals surface area contributed by atoms with Gasteiger partial charge in [0.15, 0.2) is 0 Å². The molecule has 0 aromatic carbocycles. The van der Waals surface area contributed by atoms with E-state index in [4.69, 9.17) is 4.74 Å². The van der Waals surface area contributed by atoms with Crippen LogP contribution in [0.2, 0.25) is 0 Å². The molecule has 2 unspecified atom stereocenters. The maximum absolute atomic E-state index is 13.0. The number of pyridine rings is 1. The van der Waals surface area contributed by atoms with Crippen LogP contribution in [0.25, 0.3) is 0 Å². The van der Waals surface area contributed by atoms with Crippen LogP contribution in [-0.4, -0.2) is 22.8 Å². The summed E-state index contributed by atoms with van der Waals surface area (Å²) < 4.78 is 18.3. The van der Waals surface area contributed by atoms with E-state index in [0.29, 0.717) is 25.0 Å². The first-order chi connectivity index (χ1) is 7.10. The normalized spacial score (nSPS) is 31.5. The first kappa shape index (κ1) is 10.5. The predicted octanol–water partition coefficient (Wildman–Crippen LogP) is 1.61. The molecular formula is C11H14FNO2. The van der Waals surface area contributed by atoms with Crippen LogP contribution >= 0.6 is 0 Å². The molecule has 3 nitrogen and oxygen atoms in total. The van der Waals surface area contributed by atoms with Gasteiger partial charge in [0, 0.05) is 24.6 Å². The number of aromatic nitrogens is 1. The van der Waals surface area contributed by atoms with Gasteiger partial charge in [-0.1, -0.05) is 0 Å². The van der Waals surface area contributed by atoms with Gasteiger partial charge in [-0.15, -0.1) is 0 Å². The molecule has 1 aliphatic heterocycles. The summed E-state index contributed by atoms with van der Waals surface area (Å²) in [6.07, 6.45) is 3.61. The fourth-order valence-corrected chi connectivity index (χ4v) is 1.99. The summed E-state index contributed by atoms with van der Waals surface area (Å²) in [5.41, 5.74) is -0.454. The van der Waals surface area contributed by atoms with Gasteiger partial charge in [0.05, 0.1) is 24.5 Å². The van der Waals surface area contributed by atoms with E-state index in [2.05, 4.69) is 4.98 Å². The molecule has 0 radical (unpaired) electrons. The smallest absolute Gasteiger partial charge is 0.141 e. The fraction of sp³-hybridized carbons (Fsp3) is 0.545. The molecule has 1 aliphatic rings. The second kappa shape index (κ2) is 3.87. The summed E-state index contributed by atoms with van der Waals surface area (Å²) in [5.74, 6) is -0.417. The van der Waals surface area contributed by atoms with Gasteiger partial charge in [0.2, 0.25) is 0 Å². The standard InChI is InChI=1S/C11H14FNO2/c1-8-5-11(14,2-3-15-8)9-4-10(12)7-13-6-9/h4,6-8,14H,2-3,5H2,1H3. The summed E-state index contributed by atoms with van der Waals surface area (Å²) in [6, 6.07) is 1.34. The van der Waals surface area contributed by atoms with Gasteiger partial charge >= 0.3 is 0 Å². The minimum absolute atomic E-state index is 0.00739. The summed E-state index contributed by atoms with van der Waals surface area (Å²) in [5, 5.41) is 10.4. The summed E-state index contributed by atoms with van der Waals surface area (Å²) in [7, 11) is 0. The Balaban J connectivity index is 2.28. The maximum atomic E-state index is 13.0. The molecule has 0 bridgehead atoms. The Morgan fingerprint density at radius 2 is 2.40 bits per heavy atom. The second-order valence-corrected chi connectivity index (χ2v) is 4.06. The average Bonchev–Trinajstić information content (AvgIpc) is 2.17. The van der Waals surface area contributed by atoms with Crippen molar-refractivity contribution in [2.45, 2.75) is 31.5 Å². The van der Waals surface area contributed by atoms with E-state index in [1.54, 1.807) is 0 Å². The second-order valence-electron chi connectivity index (χ2n) is 4.06. The van der Waals surface area contributed by atoms with Gasteiger partial charge in [0.25, 0.3) is 0 Å². The number of hydrogen-bond acceptors (Lipinski definition) is 3. The van der Waals surface area contributed by atoms with Gasteiger partial charge in [-0.2, -0.15) is 0 Å². The topological polar surface area (TPSA) is 42.4 Å². The Bertz CT molecular complexity index is 358. The van der Waals surface area contributed by atoms with Crippen LogP contribution in [0.1, 0.15) is 25.3 Å². The van der Waals surface area contributed by atoms with Crippen LogP contribution in [0.15, 0.2) is 18.5 Å². The predicted molar refractivity (Wildman–Crippen MR) is 52.7 cm³/mol. The number of hydrogen-bond donors (Lipinski definition) is 1. The molecule has 1 aromatic rings. The van der Waals surface area contributed by atoms with Crippen LogP contribution in [0.4, 0.5) is 4.39 Å². The number of rotatable bonds is 1. The molecule has 0 saturated carbocycles. The van der Waals surface area contributed by atoms with Crippen molar-refractivity contribution in [3.63, 3.8) is 0 Å². The highest BCUT2D eigenvalue weighted by molar-refractivity contribution is 5.19. The molecule has 0 aliphatic carbocycles. The molecule has 15 heavy (non-hydrogen) atoms. The molecule has 82 valence electrons. The van der Waals surface area contributed by atoms with Crippen molar-refractivity contribution >= 4 is 0 Å². The molecular weight excluding hydrogens is 197 g/mol. The molecule has 1 saturated heterocycles. The molecule has 1 fully saturated rings. The van der Waals surface area contributed by atoms with Crippen molar-refractivity contribution in [2.75, 3.05) is 6.61 Å². The number of ether oxygens (including phenoxy) is 1. The van der Waals surface area contributed by atoms with Gasteiger partial charge in [-0.25, -0.2) is 4.39 Å². The van der Waals surface area contributed by atoms with Gasteiger partial charge < -0.3 is 9.84 Å². The highest BCUT2D eigenvalue weighted by Crippen LogP contribution is 2.34. The fourth-order valence-electron chi connectivity index (χ4n) is 1.99. The summed E-state index contributed by atoms with van der Waals surface area (Å²) in [6.45, 7) is 2.39. The van der Waals surface area contributed by atoms with E-state index in [9.17, 15) is 9.50 Å². The van der Waals surface area contributed by atoms with Crippen LogP contribution < -0.4 is 0 Å². The Morgan fingerprint density at radius 3 is 3.07 bits per heavy atom. The zero-order valence-corrected chi connectivity index (χ0v) is 8.61. The van der Waals surface area contributed by atoms with E-state index >= 15 is 0 Å². The van der Waals surface area contributed by atoms with E-state index in [-0.39, 0.29) is 6.10 Å². The number of nitrogens with zero attached hydrogens (tertiary/aromatic N) is 1. The molecule has 2 rings (SSSR count). The molecule has 1 aromatic heterocycles. The molecule has 2 atom stereocenters. The zero-order valence-electron chi connectivity index (χ0n) is 8.61. The van der Waals surface area contributed by atoms with E-state index in [1.165, 1.54) is 12.3 Å². The Morgan fingerprint density at radius 1 is 1.60 bits per heavy atom. The lowest BCUT2D eigenvalue weighted by atomic mass is 9.85. The van der Waals surface area contributed by atoms with Crippen molar-refractivity contribution in [3.8, 4) is 0 Å². The first-order valence-electron chi connectivity index (χ1n) is 5.05. The zero-order chi connectivity index (χ0) is 10.9. The van der Waals surface area contributed by atoms with Crippen LogP contribution in [0.5, 0.6) is 0 Å². The van der Waals surface area contributed by atoms with E-state index < -0.39 is 11.4 Å². The van der Waals surface area contributed by atoms with E-state index in [1.807, 2.05) is 6.92 Å². The van der Waals surface area contributed by atoms with E-state index in [0.717, 1.165) is 6.20 Å². The van der Waals surface area contributed by atoms with Crippen molar-refractivity contribution in [3.05, 3.63) is 29.8 Å². The Labute approximate surface area is 87.9 Å². The van der Waals surface area contributed by atoms with Crippen molar-refractivity contribution in [1.82, 2.24) is 4.98 Å². The third-order valence-corrected chi connectivity index (χ3v) is 2.79. The SMILES string of the molecule is CC1CC(O)(c2cncc(F)c2)CCO1. The molecule has 0 spiro atoms. The van der Waals surface area contributed by atoms with Crippen LogP contribution in [-0.2, 0) is 10.3 Å². The lowest BCUT2D eigenvalue weighted by molar-refractivity contribution is -0.102. The minimum Gasteiger partial charge on any atom is -0.385 e. The highest BCUT2D eigenvalue weighted by atomic mass is 19.1. The lowest BCUT2D eigenvalue weighted by Gasteiger charge is -2.35. The summed E-state index contributed by atoms with van der Waals surface area (Å²) in [4.78, 5) is 3.75. The van der Waals surface area contributed by atoms with Crippen LogP contribution in [0, 0.1) is 5.82 Å². The largest absolute Gasteiger partial charge is 0.385 e. The van der Waals surface area contributed by atoms with Crippen LogP contribution in [0.3, 0.4) is 0 Å². The Kier molecular flexibility index (Phi) is 2.71. The van der Waals surface area contributed by atoms with Gasteiger partial charge in [-0.05, 0) is 13.0 Å². The van der Waals surface area contributed by atoms with Crippen molar-refractivity contribution in [1.29, 1.82) is 0 Å². The molecule has 1 N–H and O–H groups in total. The minimum atomic E-state index is -0.993. The maximum Gasteiger partial charge on any atom is 0.141 e. The number of halogens is 1. The molecule has 2 heterocycles. The highest BCUT2D eigenvalue weighted by Gasteiger charge is 2.35. The Hall–Kier alpha value is -1.00. The van der Waals surface area contributed by atoms with Crippen molar-refractivity contribution in [2.24, 2.45) is 0 Å². The van der Waals surface area contributed by atoms with Crippen molar-refractivity contribution < 1.29 is 14.2 Å². The van der Waals surface area contributed by atoms with Gasteiger partial charge in [-0.3, -0.25) is 4.98 Å². The molecule has 4 heteroatoms. The summed E-state index contributed by atoms with van der Waals surface area (Å²) >= 11 is 0. The monoisotopic (exact) mass is 211 g/mol. The third-order valence-electron chi connectivity index (χ3n) is 2.79. The quantitative estimate of drug-likeness (QED) is 0.767. The number of aliphatic hydroxyl groups is 1. The first-order valence-corrected chi connectivity index (χ1v) is 5.05. The van der Waals surface area contributed by atoms with Gasteiger partial charge in [0.1, 0.15) is 5.82 Å².